The van der Waals surface area contributed by atoms with Gasteiger partial charge in [-0.1, -0.05) is 42.8 Å². The van der Waals surface area contributed by atoms with Crippen molar-refractivity contribution in [3.8, 4) is 5.75 Å². The number of benzene rings is 2. The minimum absolute atomic E-state index is 0.0662. The van der Waals surface area contributed by atoms with E-state index in [1.165, 1.54) is 11.0 Å². The fraction of sp³-hybridized carbons (Fsp3) is 0.417. The number of halogens is 1. The molecule has 0 spiro atoms. The van der Waals surface area contributed by atoms with Crippen LogP contribution in [-0.2, 0) is 26.2 Å². The Labute approximate surface area is 206 Å². The van der Waals surface area contributed by atoms with Crippen molar-refractivity contribution in [1.82, 2.24) is 10.2 Å². The van der Waals surface area contributed by atoms with E-state index in [0.717, 1.165) is 22.5 Å². The van der Waals surface area contributed by atoms with Gasteiger partial charge in [0.2, 0.25) is 21.8 Å². The fourth-order valence-corrected chi connectivity index (χ4v) is 4.37. The summed E-state index contributed by atoms with van der Waals surface area (Å²) in [6.45, 7) is 5.06. The van der Waals surface area contributed by atoms with E-state index < -0.39 is 28.5 Å². The summed E-state index contributed by atoms with van der Waals surface area (Å²) >= 11 is 6.23. The Morgan fingerprint density at radius 2 is 1.71 bits per heavy atom. The molecule has 2 atom stereocenters. The molecule has 0 aromatic heterocycles. The van der Waals surface area contributed by atoms with Gasteiger partial charge >= 0.3 is 0 Å². The molecule has 1 N–H and O–H groups in total. The van der Waals surface area contributed by atoms with Crippen LogP contribution in [0.5, 0.6) is 5.75 Å². The Hall–Kier alpha value is -2.78. The lowest BCUT2D eigenvalue weighted by Gasteiger charge is -2.32. The summed E-state index contributed by atoms with van der Waals surface area (Å²) in [6.07, 6.45) is 1.75. The Morgan fingerprint density at radius 3 is 2.24 bits per heavy atom. The number of ether oxygens (including phenoxy) is 1. The minimum Gasteiger partial charge on any atom is -0.497 e. The zero-order valence-electron chi connectivity index (χ0n) is 20.1. The van der Waals surface area contributed by atoms with Gasteiger partial charge < -0.3 is 15.0 Å². The summed E-state index contributed by atoms with van der Waals surface area (Å²) in [5.41, 5.74) is 0.960. The maximum absolute atomic E-state index is 13.5. The maximum Gasteiger partial charge on any atom is 0.244 e. The molecule has 0 aliphatic heterocycles. The van der Waals surface area contributed by atoms with E-state index in [-0.39, 0.29) is 29.2 Å². The molecule has 0 radical (unpaired) electrons. The lowest BCUT2D eigenvalue weighted by Crippen LogP contribution is -2.52. The van der Waals surface area contributed by atoms with Gasteiger partial charge in [0.15, 0.2) is 0 Å². The predicted octanol–water partition coefficient (Wildman–Crippen LogP) is 3.45. The van der Waals surface area contributed by atoms with Crippen molar-refractivity contribution in [2.45, 2.75) is 45.8 Å². The molecule has 0 fully saturated rings. The number of carbonyl (C=O) groups is 2. The van der Waals surface area contributed by atoms with Gasteiger partial charge in [0.05, 0.1) is 24.1 Å². The van der Waals surface area contributed by atoms with E-state index in [2.05, 4.69) is 5.32 Å². The minimum atomic E-state index is -3.84. The zero-order valence-corrected chi connectivity index (χ0v) is 21.7. The van der Waals surface area contributed by atoms with Crippen molar-refractivity contribution < 1.29 is 22.7 Å². The van der Waals surface area contributed by atoms with Gasteiger partial charge in [-0.2, -0.15) is 0 Å². The molecule has 8 nitrogen and oxygen atoms in total. The standard InChI is InChI=1S/C24H32ClN3O5S/c1-6-17(2)26-24(30)18(3)27(15-19-11-13-20(33-4)14-12-19)23(29)16-28(34(5,31)32)22-10-8-7-9-21(22)25/h7-14,17-18H,6,15-16H2,1-5H3,(H,26,30)/t17-,18+/m0/s1. The highest BCUT2D eigenvalue weighted by atomic mass is 35.5. The van der Waals surface area contributed by atoms with Gasteiger partial charge in [0.25, 0.3) is 0 Å². The number of carbonyl (C=O) groups excluding carboxylic acids is 2. The number of sulfonamides is 1. The van der Waals surface area contributed by atoms with Crippen LogP contribution in [0.1, 0.15) is 32.8 Å². The Kier molecular flexibility index (Phi) is 9.76. The smallest absolute Gasteiger partial charge is 0.244 e. The van der Waals surface area contributed by atoms with Gasteiger partial charge in [-0.15, -0.1) is 0 Å². The third kappa shape index (κ3) is 7.36. The molecule has 2 aromatic carbocycles. The van der Waals surface area contributed by atoms with Crippen LogP contribution in [0.2, 0.25) is 5.02 Å². The van der Waals surface area contributed by atoms with Crippen LogP contribution >= 0.6 is 11.6 Å². The Morgan fingerprint density at radius 1 is 1.09 bits per heavy atom. The molecular weight excluding hydrogens is 478 g/mol. The lowest BCUT2D eigenvalue weighted by atomic mass is 10.1. The average molecular weight is 510 g/mol. The van der Waals surface area contributed by atoms with Gasteiger partial charge in [0, 0.05) is 12.6 Å². The first-order chi connectivity index (χ1) is 16.0. The van der Waals surface area contributed by atoms with Crippen LogP contribution in [-0.4, -0.2) is 57.1 Å². The van der Waals surface area contributed by atoms with Gasteiger partial charge in [-0.3, -0.25) is 13.9 Å². The van der Waals surface area contributed by atoms with Crippen LogP contribution in [0.25, 0.3) is 0 Å². The number of amides is 2. The molecule has 0 bridgehead atoms. The maximum atomic E-state index is 13.5. The Bertz CT molecular complexity index is 1090. The van der Waals surface area contributed by atoms with Crippen molar-refractivity contribution in [2.75, 3.05) is 24.2 Å². The zero-order chi connectivity index (χ0) is 25.5. The molecule has 0 saturated carbocycles. The van der Waals surface area contributed by atoms with Gasteiger partial charge in [-0.25, -0.2) is 8.42 Å². The number of nitrogens with one attached hydrogen (secondary N) is 1. The summed E-state index contributed by atoms with van der Waals surface area (Å²) in [5.74, 6) is -0.195. The van der Waals surface area contributed by atoms with Crippen LogP contribution in [0.15, 0.2) is 48.5 Å². The summed E-state index contributed by atoms with van der Waals surface area (Å²) in [4.78, 5) is 27.7. The quantitative estimate of drug-likeness (QED) is 0.500. The van der Waals surface area contributed by atoms with E-state index in [1.807, 2.05) is 13.8 Å². The van der Waals surface area contributed by atoms with Crippen molar-refractivity contribution in [2.24, 2.45) is 0 Å². The van der Waals surface area contributed by atoms with E-state index in [4.69, 9.17) is 16.3 Å². The third-order valence-corrected chi connectivity index (χ3v) is 6.93. The summed E-state index contributed by atoms with van der Waals surface area (Å²) in [6, 6.07) is 12.6. The van der Waals surface area contributed by atoms with E-state index in [9.17, 15) is 18.0 Å². The predicted molar refractivity (Wildman–Crippen MR) is 135 cm³/mol. The highest BCUT2D eigenvalue weighted by molar-refractivity contribution is 7.92. The highest BCUT2D eigenvalue weighted by Gasteiger charge is 2.31. The molecule has 0 unspecified atom stereocenters. The molecular formula is C24H32ClN3O5S. The second-order valence-corrected chi connectivity index (χ2v) is 10.4. The lowest BCUT2D eigenvalue weighted by molar-refractivity contribution is -0.139. The largest absolute Gasteiger partial charge is 0.497 e. The Balaban J connectivity index is 2.39. The molecule has 0 saturated heterocycles. The number of para-hydroxylation sites is 1. The number of nitrogens with zero attached hydrogens (tertiary/aromatic N) is 2. The normalized spacial score (nSPS) is 13.0. The molecule has 0 aliphatic rings. The van der Waals surface area contributed by atoms with Crippen LogP contribution < -0.4 is 14.4 Å². The average Bonchev–Trinajstić information content (AvgIpc) is 2.80. The number of hydrogen-bond donors (Lipinski definition) is 1. The molecule has 2 rings (SSSR count). The van der Waals surface area contributed by atoms with Crippen molar-refractivity contribution in [3.05, 3.63) is 59.1 Å². The first-order valence-corrected chi connectivity index (χ1v) is 13.2. The topological polar surface area (TPSA) is 96.0 Å². The number of hydrogen-bond acceptors (Lipinski definition) is 5. The van der Waals surface area contributed by atoms with E-state index >= 15 is 0 Å². The molecule has 0 aliphatic carbocycles. The van der Waals surface area contributed by atoms with Crippen LogP contribution in [0, 0.1) is 0 Å². The first kappa shape index (κ1) is 27.5. The SMILES string of the molecule is CC[C@H](C)NC(=O)[C@@H](C)N(Cc1ccc(OC)cc1)C(=O)CN(c1ccccc1Cl)S(C)(=O)=O. The third-order valence-electron chi connectivity index (χ3n) is 5.48. The molecule has 0 heterocycles. The van der Waals surface area contributed by atoms with Crippen molar-refractivity contribution in [1.29, 1.82) is 0 Å². The number of anilines is 1. The monoisotopic (exact) mass is 509 g/mol. The molecule has 2 amide bonds. The van der Waals surface area contributed by atoms with Gasteiger partial charge in [-0.05, 0) is 50.1 Å². The first-order valence-electron chi connectivity index (χ1n) is 10.9. The number of methoxy groups -OCH3 is 1. The summed E-state index contributed by atoms with van der Waals surface area (Å²) in [5, 5.41) is 3.09. The number of rotatable bonds is 11. The molecule has 186 valence electrons. The van der Waals surface area contributed by atoms with Crippen molar-refractivity contribution >= 4 is 39.1 Å². The van der Waals surface area contributed by atoms with Crippen molar-refractivity contribution in [3.63, 3.8) is 0 Å². The second-order valence-electron chi connectivity index (χ2n) is 8.08. The molecule has 10 heteroatoms. The summed E-state index contributed by atoms with van der Waals surface area (Å²) in [7, 11) is -2.28. The fourth-order valence-electron chi connectivity index (χ4n) is 3.22. The van der Waals surface area contributed by atoms with Crippen LogP contribution in [0.3, 0.4) is 0 Å². The van der Waals surface area contributed by atoms with E-state index in [0.29, 0.717) is 5.75 Å². The highest BCUT2D eigenvalue weighted by Crippen LogP contribution is 2.27. The second kappa shape index (κ2) is 12.1. The van der Waals surface area contributed by atoms with Gasteiger partial charge in [0.1, 0.15) is 18.3 Å². The summed E-state index contributed by atoms with van der Waals surface area (Å²) < 4.78 is 31.3. The molecule has 34 heavy (non-hydrogen) atoms. The van der Waals surface area contributed by atoms with Crippen LogP contribution in [0.4, 0.5) is 5.69 Å². The molecule has 2 aromatic rings. The van der Waals surface area contributed by atoms with E-state index in [1.54, 1.807) is 56.5 Å².